The molecule has 0 atom stereocenters. The molecule has 0 radical (unpaired) electrons. The van der Waals surface area contributed by atoms with Crippen molar-refractivity contribution in [3.63, 3.8) is 0 Å². The topological polar surface area (TPSA) is 80.7 Å². The third-order valence-corrected chi connectivity index (χ3v) is 4.23. The van der Waals surface area contributed by atoms with Crippen LogP contribution in [0, 0.1) is 6.92 Å². The highest BCUT2D eigenvalue weighted by Crippen LogP contribution is 2.28. The van der Waals surface area contributed by atoms with Gasteiger partial charge in [-0.25, -0.2) is 4.79 Å². The normalized spacial score (nSPS) is 11.1. The van der Waals surface area contributed by atoms with E-state index in [1.165, 1.54) is 24.3 Å². The van der Waals surface area contributed by atoms with Gasteiger partial charge >= 0.3 is 16.1 Å². The lowest BCUT2D eigenvalue weighted by atomic mass is 10.2. The predicted molar refractivity (Wildman–Crippen MR) is 77.4 cm³/mol. The summed E-state index contributed by atoms with van der Waals surface area (Å²) in [7, 11) is -4.02. The summed E-state index contributed by atoms with van der Waals surface area (Å²) in [4.78, 5) is 10.8. The summed E-state index contributed by atoms with van der Waals surface area (Å²) in [5, 5.41) is 8.73. The van der Waals surface area contributed by atoms with Crippen LogP contribution in [-0.2, 0) is 10.1 Å². The van der Waals surface area contributed by atoms with Gasteiger partial charge in [0.2, 0.25) is 0 Å². The summed E-state index contributed by atoms with van der Waals surface area (Å²) >= 11 is 5.84. The number of carboxylic acids is 1. The number of aryl methyl sites for hydroxylation is 1. The average molecular weight is 327 g/mol. The number of benzene rings is 2. The van der Waals surface area contributed by atoms with E-state index in [-0.39, 0.29) is 21.2 Å². The number of aromatic carboxylic acids is 1. The van der Waals surface area contributed by atoms with Crippen LogP contribution >= 0.6 is 11.6 Å². The molecular weight excluding hydrogens is 316 g/mol. The molecule has 0 bridgehead atoms. The summed E-state index contributed by atoms with van der Waals surface area (Å²) in [5.74, 6) is -1.29. The van der Waals surface area contributed by atoms with Gasteiger partial charge in [-0.05, 0) is 37.3 Å². The Hall–Kier alpha value is -2.05. The number of carboxylic acid groups (broad SMARTS) is 1. The Morgan fingerprint density at radius 3 is 2.29 bits per heavy atom. The zero-order valence-electron chi connectivity index (χ0n) is 10.9. The molecule has 110 valence electrons. The van der Waals surface area contributed by atoms with E-state index in [0.717, 1.165) is 11.6 Å². The summed E-state index contributed by atoms with van der Waals surface area (Å²) in [6.45, 7) is 1.83. The van der Waals surface area contributed by atoms with Crippen molar-refractivity contribution in [2.75, 3.05) is 0 Å². The highest BCUT2D eigenvalue weighted by atomic mass is 35.5. The molecule has 0 aliphatic heterocycles. The summed E-state index contributed by atoms with van der Waals surface area (Å²) in [6.07, 6.45) is 0. The minimum Gasteiger partial charge on any atom is -0.478 e. The fourth-order valence-electron chi connectivity index (χ4n) is 1.57. The molecule has 0 aliphatic carbocycles. The zero-order chi connectivity index (χ0) is 15.6. The van der Waals surface area contributed by atoms with Crippen molar-refractivity contribution >= 4 is 27.7 Å². The molecule has 5 nitrogen and oxygen atoms in total. The first-order valence-corrected chi connectivity index (χ1v) is 7.62. The van der Waals surface area contributed by atoms with Gasteiger partial charge in [0.1, 0.15) is 4.90 Å². The minimum atomic E-state index is -4.02. The highest BCUT2D eigenvalue weighted by molar-refractivity contribution is 7.87. The molecule has 2 aromatic carbocycles. The Labute approximate surface area is 126 Å². The molecular formula is C14H11ClO5S. The van der Waals surface area contributed by atoms with Crippen LogP contribution in [0.25, 0.3) is 0 Å². The van der Waals surface area contributed by atoms with Crippen LogP contribution in [0.1, 0.15) is 15.9 Å². The quantitative estimate of drug-likeness (QED) is 0.873. The standard InChI is InChI=1S/C14H11ClO5S/c1-9-2-5-11(6-3-9)21(18,19)20-13-7-4-10(14(16)17)8-12(13)15/h2-8H,1H3,(H,16,17). The van der Waals surface area contributed by atoms with Crippen LogP contribution in [-0.4, -0.2) is 19.5 Å². The van der Waals surface area contributed by atoms with Crippen LogP contribution in [0.4, 0.5) is 0 Å². The van der Waals surface area contributed by atoms with E-state index < -0.39 is 16.1 Å². The van der Waals surface area contributed by atoms with E-state index in [0.29, 0.717) is 0 Å². The van der Waals surface area contributed by atoms with E-state index in [1.54, 1.807) is 12.1 Å². The predicted octanol–water partition coefficient (Wildman–Crippen LogP) is 3.11. The smallest absolute Gasteiger partial charge is 0.339 e. The molecule has 2 aromatic rings. The van der Waals surface area contributed by atoms with Gasteiger partial charge in [0.25, 0.3) is 0 Å². The molecule has 7 heteroatoms. The van der Waals surface area contributed by atoms with Crippen LogP contribution in [0.15, 0.2) is 47.4 Å². The highest BCUT2D eigenvalue weighted by Gasteiger charge is 2.18. The van der Waals surface area contributed by atoms with Gasteiger partial charge in [-0.3, -0.25) is 0 Å². The summed E-state index contributed by atoms with van der Waals surface area (Å²) < 4.78 is 29.1. The maximum absolute atomic E-state index is 12.1. The van der Waals surface area contributed by atoms with E-state index in [9.17, 15) is 13.2 Å². The SMILES string of the molecule is Cc1ccc(S(=O)(=O)Oc2ccc(C(=O)O)cc2Cl)cc1. The molecule has 0 aromatic heterocycles. The third kappa shape index (κ3) is 3.53. The van der Waals surface area contributed by atoms with E-state index in [4.69, 9.17) is 20.9 Å². The molecule has 0 spiro atoms. The van der Waals surface area contributed by atoms with E-state index in [2.05, 4.69) is 0 Å². The van der Waals surface area contributed by atoms with Crippen molar-refractivity contribution in [1.82, 2.24) is 0 Å². The van der Waals surface area contributed by atoms with Gasteiger partial charge in [0, 0.05) is 0 Å². The number of carbonyl (C=O) groups is 1. The van der Waals surface area contributed by atoms with Crippen molar-refractivity contribution in [3.8, 4) is 5.75 Å². The fraction of sp³-hybridized carbons (Fsp3) is 0.0714. The first kappa shape index (κ1) is 15.3. The second kappa shape index (κ2) is 5.75. The fourth-order valence-corrected chi connectivity index (χ4v) is 2.78. The van der Waals surface area contributed by atoms with Crippen molar-refractivity contribution in [2.24, 2.45) is 0 Å². The van der Waals surface area contributed by atoms with Gasteiger partial charge in [-0.2, -0.15) is 8.42 Å². The summed E-state index contributed by atoms with van der Waals surface area (Å²) in [6, 6.07) is 9.68. The van der Waals surface area contributed by atoms with Gasteiger partial charge in [-0.15, -0.1) is 0 Å². The van der Waals surface area contributed by atoms with Crippen LogP contribution in [0.5, 0.6) is 5.75 Å². The van der Waals surface area contributed by atoms with E-state index >= 15 is 0 Å². The molecule has 0 saturated heterocycles. The number of hydrogen-bond acceptors (Lipinski definition) is 4. The number of halogens is 1. The lowest BCUT2D eigenvalue weighted by molar-refractivity contribution is 0.0697. The van der Waals surface area contributed by atoms with Gasteiger partial charge in [0.05, 0.1) is 10.6 Å². The molecule has 1 N–H and O–H groups in total. The lowest BCUT2D eigenvalue weighted by Crippen LogP contribution is -2.10. The Balaban J connectivity index is 2.32. The van der Waals surface area contributed by atoms with Crippen molar-refractivity contribution in [1.29, 1.82) is 0 Å². The van der Waals surface area contributed by atoms with Gasteiger partial charge in [0.15, 0.2) is 5.75 Å². The van der Waals surface area contributed by atoms with Gasteiger partial charge < -0.3 is 9.29 Å². The molecule has 0 saturated carbocycles. The molecule has 21 heavy (non-hydrogen) atoms. The number of hydrogen-bond donors (Lipinski definition) is 1. The van der Waals surface area contributed by atoms with Crippen LogP contribution in [0.3, 0.4) is 0 Å². The van der Waals surface area contributed by atoms with Crippen LogP contribution in [0.2, 0.25) is 5.02 Å². The van der Waals surface area contributed by atoms with Gasteiger partial charge in [-0.1, -0.05) is 29.3 Å². The van der Waals surface area contributed by atoms with Crippen molar-refractivity contribution < 1.29 is 22.5 Å². The monoisotopic (exact) mass is 326 g/mol. The third-order valence-electron chi connectivity index (χ3n) is 2.69. The molecule has 2 rings (SSSR count). The Morgan fingerprint density at radius 1 is 1.14 bits per heavy atom. The molecule has 0 amide bonds. The Kier molecular flexibility index (Phi) is 4.20. The minimum absolute atomic E-state index is 0.00789. The summed E-state index contributed by atoms with van der Waals surface area (Å²) in [5.41, 5.74) is 0.859. The van der Waals surface area contributed by atoms with E-state index in [1.807, 2.05) is 6.92 Å². The largest absolute Gasteiger partial charge is 0.478 e. The maximum atomic E-state index is 12.1. The van der Waals surface area contributed by atoms with Crippen LogP contribution < -0.4 is 4.18 Å². The molecule has 0 heterocycles. The molecule has 0 fully saturated rings. The Bertz CT molecular complexity index is 782. The zero-order valence-corrected chi connectivity index (χ0v) is 12.5. The maximum Gasteiger partial charge on any atom is 0.339 e. The Morgan fingerprint density at radius 2 is 1.76 bits per heavy atom. The first-order valence-electron chi connectivity index (χ1n) is 5.83. The second-order valence-electron chi connectivity index (χ2n) is 4.30. The molecule has 0 unspecified atom stereocenters. The molecule has 0 aliphatic rings. The lowest BCUT2D eigenvalue weighted by Gasteiger charge is -2.09. The number of rotatable bonds is 4. The van der Waals surface area contributed by atoms with Crippen molar-refractivity contribution in [3.05, 3.63) is 58.6 Å². The average Bonchev–Trinajstić information content (AvgIpc) is 2.41. The second-order valence-corrected chi connectivity index (χ2v) is 6.25. The van der Waals surface area contributed by atoms with Crippen molar-refractivity contribution in [2.45, 2.75) is 11.8 Å². The first-order chi connectivity index (χ1) is 9.79.